The van der Waals surface area contributed by atoms with E-state index in [-0.39, 0.29) is 12.1 Å². The first-order chi connectivity index (χ1) is 9.37. The van der Waals surface area contributed by atoms with E-state index in [1.54, 1.807) is 0 Å². The molecule has 1 aliphatic heterocycles. The number of nitrogens with two attached hydrogens (primary N) is 1. The maximum Gasteiger partial charge on any atom is 0.410 e. The second-order valence-electron chi connectivity index (χ2n) is 6.37. The van der Waals surface area contributed by atoms with Crippen LogP contribution in [0.2, 0.25) is 0 Å². The molecule has 0 aliphatic carbocycles. The summed E-state index contributed by atoms with van der Waals surface area (Å²) in [5, 5.41) is 0. The largest absolute Gasteiger partial charge is 0.444 e. The van der Waals surface area contributed by atoms with Crippen molar-refractivity contribution in [1.82, 2.24) is 4.90 Å². The fraction of sp³-hybridized carbons (Fsp3) is 0.562. The predicted octanol–water partition coefficient (Wildman–Crippen LogP) is 3.21. The van der Waals surface area contributed by atoms with Crippen LogP contribution in [0.3, 0.4) is 0 Å². The highest BCUT2D eigenvalue weighted by Crippen LogP contribution is 2.25. The standard InChI is InChI=1S/C16H24N2O2/c1-16(2,3)20-15(19)18-10-6-8-13(18)11-12-7-4-5-9-14(12)17/h4-5,7,9,13H,6,8,10-11,17H2,1-3H3. The summed E-state index contributed by atoms with van der Waals surface area (Å²) in [6.45, 7) is 6.45. The van der Waals surface area contributed by atoms with Gasteiger partial charge in [0.15, 0.2) is 0 Å². The summed E-state index contributed by atoms with van der Waals surface area (Å²) >= 11 is 0. The van der Waals surface area contributed by atoms with Gasteiger partial charge in [-0.05, 0) is 51.7 Å². The number of hydrogen-bond donors (Lipinski definition) is 1. The van der Waals surface area contributed by atoms with Crippen LogP contribution in [0.4, 0.5) is 10.5 Å². The summed E-state index contributed by atoms with van der Waals surface area (Å²) in [4.78, 5) is 14.1. The summed E-state index contributed by atoms with van der Waals surface area (Å²) < 4.78 is 5.48. The van der Waals surface area contributed by atoms with Crippen molar-refractivity contribution in [2.75, 3.05) is 12.3 Å². The van der Waals surface area contributed by atoms with E-state index in [4.69, 9.17) is 10.5 Å². The average Bonchev–Trinajstić information content (AvgIpc) is 2.78. The molecule has 1 amide bonds. The van der Waals surface area contributed by atoms with E-state index in [0.717, 1.165) is 37.1 Å². The second-order valence-corrected chi connectivity index (χ2v) is 6.37. The molecule has 0 bridgehead atoms. The molecule has 1 fully saturated rings. The first-order valence-corrected chi connectivity index (χ1v) is 7.20. The quantitative estimate of drug-likeness (QED) is 0.844. The highest BCUT2D eigenvalue weighted by atomic mass is 16.6. The van der Waals surface area contributed by atoms with Gasteiger partial charge in [0.1, 0.15) is 5.60 Å². The monoisotopic (exact) mass is 276 g/mol. The van der Waals surface area contributed by atoms with Crippen LogP contribution in [0.5, 0.6) is 0 Å². The van der Waals surface area contributed by atoms with Crippen molar-refractivity contribution in [2.45, 2.75) is 51.7 Å². The van der Waals surface area contributed by atoms with Gasteiger partial charge in [-0.3, -0.25) is 0 Å². The number of rotatable bonds is 2. The summed E-state index contributed by atoms with van der Waals surface area (Å²) in [7, 11) is 0. The van der Waals surface area contributed by atoms with E-state index < -0.39 is 5.60 Å². The van der Waals surface area contributed by atoms with E-state index >= 15 is 0 Å². The number of nitrogen functional groups attached to an aromatic ring is 1. The Hall–Kier alpha value is -1.71. The van der Waals surface area contributed by atoms with E-state index in [2.05, 4.69) is 0 Å². The number of ether oxygens (including phenoxy) is 1. The fourth-order valence-corrected chi connectivity index (χ4v) is 2.58. The molecular formula is C16H24N2O2. The van der Waals surface area contributed by atoms with Crippen LogP contribution in [-0.4, -0.2) is 29.2 Å². The number of likely N-dealkylation sites (tertiary alicyclic amines) is 1. The zero-order valence-corrected chi connectivity index (χ0v) is 12.6. The third kappa shape index (κ3) is 3.65. The van der Waals surface area contributed by atoms with Crippen LogP contribution in [0, 0.1) is 0 Å². The molecule has 1 aliphatic rings. The summed E-state index contributed by atoms with van der Waals surface area (Å²) in [6.07, 6.45) is 2.62. The minimum atomic E-state index is -0.448. The van der Waals surface area contributed by atoms with Crippen molar-refractivity contribution in [2.24, 2.45) is 0 Å². The number of amides is 1. The molecule has 2 rings (SSSR count). The Morgan fingerprint density at radius 1 is 1.40 bits per heavy atom. The molecule has 0 aromatic heterocycles. The van der Waals surface area contributed by atoms with Crippen molar-refractivity contribution in [3.63, 3.8) is 0 Å². The van der Waals surface area contributed by atoms with Crippen molar-refractivity contribution in [3.05, 3.63) is 29.8 Å². The Bertz CT molecular complexity index is 480. The van der Waals surface area contributed by atoms with Crippen LogP contribution in [0.25, 0.3) is 0 Å². The van der Waals surface area contributed by atoms with E-state index in [9.17, 15) is 4.79 Å². The third-order valence-corrected chi connectivity index (χ3v) is 3.52. The molecule has 1 atom stereocenters. The normalized spacial score (nSPS) is 19.1. The van der Waals surface area contributed by atoms with Crippen molar-refractivity contribution in [1.29, 1.82) is 0 Å². The van der Waals surface area contributed by atoms with Gasteiger partial charge >= 0.3 is 6.09 Å². The summed E-state index contributed by atoms with van der Waals surface area (Å²) in [5.74, 6) is 0. The molecule has 0 radical (unpaired) electrons. The smallest absolute Gasteiger partial charge is 0.410 e. The molecule has 4 nitrogen and oxygen atoms in total. The first kappa shape index (κ1) is 14.7. The molecule has 20 heavy (non-hydrogen) atoms. The lowest BCUT2D eigenvalue weighted by atomic mass is 10.0. The molecule has 0 saturated carbocycles. The molecule has 2 N–H and O–H groups in total. The zero-order valence-electron chi connectivity index (χ0n) is 12.6. The van der Waals surface area contributed by atoms with Crippen LogP contribution in [-0.2, 0) is 11.2 Å². The first-order valence-electron chi connectivity index (χ1n) is 7.20. The minimum absolute atomic E-state index is 0.189. The van der Waals surface area contributed by atoms with Gasteiger partial charge in [0, 0.05) is 18.3 Å². The van der Waals surface area contributed by atoms with Crippen LogP contribution >= 0.6 is 0 Å². The van der Waals surface area contributed by atoms with Crippen molar-refractivity contribution in [3.8, 4) is 0 Å². The van der Waals surface area contributed by atoms with Gasteiger partial charge in [0.2, 0.25) is 0 Å². The van der Waals surface area contributed by atoms with Gasteiger partial charge in [0.05, 0.1) is 0 Å². The molecule has 4 heteroatoms. The minimum Gasteiger partial charge on any atom is -0.444 e. The SMILES string of the molecule is CC(C)(C)OC(=O)N1CCCC1Cc1ccccc1N. The molecule has 0 spiro atoms. The van der Waals surface area contributed by atoms with E-state index in [1.807, 2.05) is 49.9 Å². The Labute approximate surface area is 120 Å². The summed E-state index contributed by atoms with van der Waals surface area (Å²) in [5.41, 5.74) is 7.44. The van der Waals surface area contributed by atoms with Crippen molar-refractivity contribution < 1.29 is 9.53 Å². The average molecular weight is 276 g/mol. The van der Waals surface area contributed by atoms with E-state index in [0.29, 0.717) is 0 Å². The zero-order chi connectivity index (χ0) is 14.8. The molecule has 1 heterocycles. The maximum atomic E-state index is 12.2. The van der Waals surface area contributed by atoms with Crippen LogP contribution in [0.1, 0.15) is 39.2 Å². The number of anilines is 1. The van der Waals surface area contributed by atoms with Gasteiger partial charge in [-0.25, -0.2) is 4.79 Å². The fourth-order valence-electron chi connectivity index (χ4n) is 2.58. The van der Waals surface area contributed by atoms with Gasteiger partial charge in [0.25, 0.3) is 0 Å². The van der Waals surface area contributed by atoms with Crippen LogP contribution < -0.4 is 5.73 Å². The Morgan fingerprint density at radius 3 is 2.75 bits per heavy atom. The summed E-state index contributed by atoms with van der Waals surface area (Å²) in [6, 6.07) is 8.04. The molecule has 1 aromatic rings. The molecular weight excluding hydrogens is 252 g/mol. The van der Waals surface area contributed by atoms with Gasteiger partial charge < -0.3 is 15.4 Å². The molecule has 1 unspecified atom stereocenters. The van der Waals surface area contributed by atoms with Crippen molar-refractivity contribution >= 4 is 11.8 Å². The topological polar surface area (TPSA) is 55.6 Å². The van der Waals surface area contributed by atoms with Gasteiger partial charge in [-0.2, -0.15) is 0 Å². The number of hydrogen-bond acceptors (Lipinski definition) is 3. The number of nitrogens with zero attached hydrogens (tertiary/aromatic N) is 1. The predicted molar refractivity (Wildman–Crippen MR) is 80.5 cm³/mol. The molecule has 1 aromatic carbocycles. The maximum absolute atomic E-state index is 12.2. The third-order valence-electron chi connectivity index (χ3n) is 3.52. The second kappa shape index (κ2) is 5.73. The number of carbonyl (C=O) groups excluding carboxylic acids is 1. The highest BCUT2D eigenvalue weighted by Gasteiger charge is 2.32. The Balaban J connectivity index is 2.04. The number of carbonyl (C=O) groups is 1. The van der Waals surface area contributed by atoms with Gasteiger partial charge in [-0.1, -0.05) is 18.2 Å². The number of benzene rings is 1. The molecule has 110 valence electrons. The Morgan fingerprint density at radius 2 is 2.10 bits per heavy atom. The molecule has 1 saturated heterocycles. The lowest BCUT2D eigenvalue weighted by Gasteiger charge is -2.28. The lowest BCUT2D eigenvalue weighted by molar-refractivity contribution is 0.0227. The van der Waals surface area contributed by atoms with E-state index in [1.165, 1.54) is 0 Å². The Kier molecular flexibility index (Phi) is 4.21. The highest BCUT2D eigenvalue weighted by molar-refractivity contribution is 5.69. The van der Waals surface area contributed by atoms with Crippen LogP contribution in [0.15, 0.2) is 24.3 Å². The lowest BCUT2D eigenvalue weighted by Crippen LogP contribution is -2.40. The van der Waals surface area contributed by atoms with Gasteiger partial charge in [-0.15, -0.1) is 0 Å². The number of para-hydroxylation sites is 1.